The third-order valence-corrected chi connectivity index (χ3v) is 4.69. The summed E-state index contributed by atoms with van der Waals surface area (Å²) < 4.78 is 0. The van der Waals surface area contributed by atoms with E-state index in [4.69, 9.17) is 21.1 Å². The van der Waals surface area contributed by atoms with E-state index in [9.17, 15) is 24.0 Å². The summed E-state index contributed by atoms with van der Waals surface area (Å²) in [5, 5.41) is 31.6. The summed E-state index contributed by atoms with van der Waals surface area (Å²) >= 11 is 0. The van der Waals surface area contributed by atoms with Gasteiger partial charge in [0, 0.05) is 6.54 Å². The molecule has 0 bridgehead atoms. The van der Waals surface area contributed by atoms with Gasteiger partial charge in [0.2, 0.25) is 17.7 Å². The highest BCUT2D eigenvalue weighted by Gasteiger charge is 2.38. The van der Waals surface area contributed by atoms with Crippen LogP contribution in [0.3, 0.4) is 0 Å². The van der Waals surface area contributed by atoms with Crippen molar-refractivity contribution in [3.63, 3.8) is 0 Å². The molecule has 4 atom stereocenters. The Balaban J connectivity index is 2.89. The number of aliphatic hydroxyl groups excluding tert-OH is 1. The second kappa shape index (κ2) is 11.5. The number of amides is 3. The van der Waals surface area contributed by atoms with Gasteiger partial charge in [-0.25, -0.2) is 4.79 Å². The summed E-state index contributed by atoms with van der Waals surface area (Å²) in [6, 6.07) is -4.78. The minimum atomic E-state index is -1.51. The summed E-state index contributed by atoms with van der Waals surface area (Å²) in [6.07, 6.45) is 0.465. The molecule has 12 nitrogen and oxygen atoms in total. The van der Waals surface area contributed by atoms with Gasteiger partial charge in [-0.3, -0.25) is 19.2 Å². The Morgan fingerprint density at radius 1 is 1.10 bits per heavy atom. The first kappa shape index (κ1) is 25.3. The van der Waals surface area contributed by atoms with Crippen molar-refractivity contribution in [3.05, 3.63) is 0 Å². The molecule has 1 heterocycles. The second-order valence-electron chi connectivity index (χ2n) is 7.67. The zero-order valence-electron chi connectivity index (χ0n) is 17.0. The van der Waals surface area contributed by atoms with Gasteiger partial charge in [-0.05, 0) is 25.2 Å². The van der Waals surface area contributed by atoms with Crippen LogP contribution < -0.4 is 16.4 Å². The highest BCUT2D eigenvalue weighted by Crippen LogP contribution is 2.19. The summed E-state index contributed by atoms with van der Waals surface area (Å²) in [5.74, 6) is -4.71. The molecule has 0 saturated carbocycles. The van der Waals surface area contributed by atoms with Crippen molar-refractivity contribution < 1.29 is 39.3 Å². The average molecular weight is 430 g/mol. The number of hydrogen-bond acceptors (Lipinski definition) is 7. The van der Waals surface area contributed by atoms with Crippen LogP contribution in [-0.2, 0) is 24.0 Å². The van der Waals surface area contributed by atoms with Gasteiger partial charge in [0.15, 0.2) is 0 Å². The fourth-order valence-electron chi connectivity index (χ4n) is 3.22. The van der Waals surface area contributed by atoms with E-state index >= 15 is 0 Å². The van der Waals surface area contributed by atoms with Crippen LogP contribution in [0.15, 0.2) is 0 Å². The molecular weight excluding hydrogens is 400 g/mol. The van der Waals surface area contributed by atoms with Crippen molar-refractivity contribution in [2.45, 2.75) is 63.7 Å². The van der Waals surface area contributed by atoms with Crippen LogP contribution in [0.2, 0.25) is 0 Å². The molecule has 170 valence electrons. The number of nitrogens with one attached hydrogen (secondary N) is 2. The van der Waals surface area contributed by atoms with Gasteiger partial charge in [0.05, 0.1) is 19.1 Å². The molecule has 1 rings (SSSR count). The number of nitrogens with two attached hydrogens (primary N) is 1. The third kappa shape index (κ3) is 7.26. The lowest BCUT2D eigenvalue weighted by Crippen LogP contribution is -2.57. The molecular formula is C18H30N4O8. The minimum absolute atomic E-state index is 0.0243. The van der Waals surface area contributed by atoms with E-state index in [0.717, 1.165) is 0 Å². The highest BCUT2D eigenvalue weighted by atomic mass is 16.4. The maximum Gasteiger partial charge on any atom is 0.328 e. The Labute approximate surface area is 173 Å². The Morgan fingerprint density at radius 3 is 2.23 bits per heavy atom. The SMILES string of the molecule is CC(C)CC(NC(=O)C1CCCN1C(=O)C(N)CC(=O)O)C(=O)NC(CO)C(=O)O. The van der Waals surface area contributed by atoms with Gasteiger partial charge >= 0.3 is 11.9 Å². The number of carbonyl (C=O) groups is 5. The van der Waals surface area contributed by atoms with Crippen molar-refractivity contribution in [2.75, 3.05) is 13.2 Å². The lowest BCUT2D eigenvalue weighted by molar-refractivity contribution is -0.144. The van der Waals surface area contributed by atoms with Crippen LogP contribution in [0.25, 0.3) is 0 Å². The van der Waals surface area contributed by atoms with Crippen LogP contribution in [-0.4, -0.2) is 87.2 Å². The first-order valence-corrected chi connectivity index (χ1v) is 9.70. The van der Waals surface area contributed by atoms with Crippen molar-refractivity contribution in [1.82, 2.24) is 15.5 Å². The van der Waals surface area contributed by atoms with E-state index in [0.29, 0.717) is 12.8 Å². The summed E-state index contributed by atoms with van der Waals surface area (Å²) in [6.45, 7) is 3.04. The van der Waals surface area contributed by atoms with Crippen LogP contribution >= 0.6 is 0 Å². The van der Waals surface area contributed by atoms with E-state index in [2.05, 4.69) is 10.6 Å². The molecule has 0 aromatic carbocycles. The third-order valence-electron chi connectivity index (χ3n) is 4.69. The fourth-order valence-corrected chi connectivity index (χ4v) is 3.22. The number of likely N-dealkylation sites (tertiary alicyclic amines) is 1. The van der Waals surface area contributed by atoms with Crippen LogP contribution in [0, 0.1) is 5.92 Å². The summed E-state index contributed by atoms with van der Waals surface area (Å²) in [7, 11) is 0. The molecule has 0 aromatic heterocycles. The predicted molar refractivity (Wildman–Crippen MR) is 103 cm³/mol. The van der Waals surface area contributed by atoms with Gasteiger partial charge in [-0.1, -0.05) is 13.8 Å². The standard InChI is InChI=1S/C18H30N4O8/c1-9(2)6-11(15(26)21-12(8-23)18(29)30)20-16(27)13-4-3-5-22(13)17(28)10(19)7-14(24)25/h9-13,23H,3-8,19H2,1-2H3,(H,20,27)(H,21,26)(H,24,25)(H,29,30). The van der Waals surface area contributed by atoms with Crippen LogP contribution in [0.4, 0.5) is 0 Å². The van der Waals surface area contributed by atoms with Gasteiger partial charge in [0.1, 0.15) is 18.1 Å². The van der Waals surface area contributed by atoms with E-state index in [1.807, 2.05) is 13.8 Å². The zero-order chi connectivity index (χ0) is 23.0. The fraction of sp³-hybridized carbons (Fsp3) is 0.722. The smallest absolute Gasteiger partial charge is 0.328 e. The molecule has 0 radical (unpaired) electrons. The lowest BCUT2D eigenvalue weighted by Gasteiger charge is -2.28. The lowest BCUT2D eigenvalue weighted by atomic mass is 10.0. The van der Waals surface area contributed by atoms with Crippen molar-refractivity contribution in [2.24, 2.45) is 11.7 Å². The number of carboxylic acid groups (broad SMARTS) is 2. The molecule has 0 spiro atoms. The molecule has 0 aromatic rings. The molecule has 1 fully saturated rings. The molecule has 12 heteroatoms. The van der Waals surface area contributed by atoms with E-state index in [1.165, 1.54) is 4.90 Å². The molecule has 3 amide bonds. The van der Waals surface area contributed by atoms with Crippen LogP contribution in [0.1, 0.15) is 39.5 Å². The number of rotatable bonds is 11. The maximum absolute atomic E-state index is 12.8. The number of nitrogens with zero attached hydrogens (tertiary/aromatic N) is 1. The monoisotopic (exact) mass is 430 g/mol. The number of carboxylic acids is 2. The topological polar surface area (TPSA) is 199 Å². The molecule has 1 aliphatic rings. The van der Waals surface area contributed by atoms with Crippen molar-refractivity contribution >= 4 is 29.7 Å². The number of aliphatic hydroxyl groups is 1. The first-order valence-electron chi connectivity index (χ1n) is 9.70. The zero-order valence-corrected chi connectivity index (χ0v) is 17.0. The van der Waals surface area contributed by atoms with Crippen molar-refractivity contribution in [1.29, 1.82) is 0 Å². The Kier molecular flexibility index (Phi) is 9.66. The Hall–Kier alpha value is -2.73. The average Bonchev–Trinajstić information content (AvgIpc) is 3.13. The maximum atomic E-state index is 12.8. The van der Waals surface area contributed by atoms with Gasteiger partial charge in [-0.15, -0.1) is 0 Å². The summed E-state index contributed by atoms with van der Waals surface area (Å²) in [5.41, 5.74) is 5.63. The van der Waals surface area contributed by atoms with E-state index < -0.39 is 66.9 Å². The van der Waals surface area contributed by atoms with Gasteiger partial charge in [0.25, 0.3) is 0 Å². The molecule has 1 saturated heterocycles. The number of hydrogen-bond donors (Lipinski definition) is 6. The molecule has 1 aliphatic heterocycles. The summed E-state index contributed by atoms with van der Waals surface area (Å²) in [4.78, 5) is 60.7. The predicted octanol–water partition coefficient (Wildman–Crippen LogP) is -2.13. The van der Waals surface area contributed by atoms with Gasteiger partial charge in [-0.2, -0.15) is 0 Å². The molecule has 30 heavy (non-hydrogen) atoms. The Bertz CT molecular complexity index is 669. The number of carbonyl (C=O) groups excluding carboxylic acids is 3. The molecule has 4 unspecified atom stereocenters. The normalized spacial score (nSPS) is 19.1. The van der Waals surface area contributed by atoms with E-state index in [1.54, 1.807) is 0 Å². The minimum Gasteiger partial charge on any atom is -0.481 e. The number of aliphatic carboxylic acids is 2. The first-order chi connectivity index (χ1) is 14.0. The molecule has 0 aliphatic carbocycles. The van der Waals surface area contributed by atoms with E-state index in [-0.39, 0.29) is 18.9 Å². The Morgan fingerprint density at radius 2 is 1.73 bits per heavy atom. The van der Waals surface area contributed by atoms with Crippen LogP contribution in [0.5, 0.6) is 0 Å². The quantitative estimate of drug-likeness (QED) is 0.212. The largest absolute Gasteiger partial charge is 0.481 e. The van der Waals surface area contributed by atoms with Gasteiger partial charge < -0.3 is 36.6 Å². The molecule has 7 N–H and O–H groups in total. The second-order valence-corrected chi connectivity index (χ2v) is 7.67. The highest BCUT2D eigenvalue weighted by molar-refractivity contribution is 5.95. The van der Waals surface area contributed by atoms with Crippen molar-refractivity contribution in [3.8, 4) is 0 Å².